The highest BCUT2D eigenvalue weighted by atomic mass is 16.5. The van der Waals surface area contributed by atoms with Gasteiger partial charge in [0.2, 0.25) is 0 Å². The van der Waals surface area contributed by atoms with Crippen LogP contribution in [-0.4, -0.2) is 18.0 Å². The molecular formula is C14H16O2. The fourth-order valence-corrected chi connectivity index (χ4v) is 2.85. The van der Waals surface area contributed by atoms with Crippen LogP contribution in [0.15, 0.2) is 24.3 Å². The second-order valence-corrected chi connectivity index (χ2v) is 4.95. The highest BCUT2D eigenvalue weighted by Gasteiger charge is 2.44. The first-order valence-electron chi connectivity index (χ1n) is 6.00. The number of hydrogen-bond donors (Lipinski definition) is 0. The molecule has 2 aliphatic rings. The predicted molar refractivity (Wildman–Crippen MR) is 61.5 cm³/mol. The maximum atomic E-state index is 12.3. The van der Waals surface area contributed by atoms with Crippen molar-refractivity contribution in [2.45, 2.75) is 38.4 Å². The van der Waals surface area contributed by atoms with Crippen molar-refractivity contribution in [3.05, 3.63) is 35.4 Å². The Morgan fingerprint density at radius 2 is 2.00 bits per heavy atom. The molecule has 1 aromatic rings. The van der Waals surface area contributed by atoms with E-state index in [0.29, 0.717) is 6.10 Å². The monoisotopic (exact) mass is 216 g/mol. The minimum absolute atomic E-state index is 0.112. The third kappa shape index (κ3) is 1.57. The Morgan fingerprint density at radius 3 is 2.56 bits per heavy atom. The SMILES string of the molecule is Cc1ccc(C(=O)C2CC3CCC2O3)cc1. The molecule has 3 rings (SSSR count). The number of ether oxygens (including phenoxy) is 1. The van der Waals surface area contributed by atoms with Crippen LogP contribution in [0.4, 0.5) is 0 Å². The largest absolute Gasteiger partial charge is 0.374 e. The van der Waals surface area contributed by atoms with E-state index in [1.807, 2.05) is 31.2 Å². The van der Waals surface area contributed by atoms with Gasteiger partial charge in [-0.25, -0.2) is 0 Å². The summed E-state index contributed by atoms with van der Waals surface area (Å²) in [6, 6.07) is 7.87. The molecule has 0 aliphatic carbocycles. The summed E-state index contributed by atoms with van der Waals surface area (Å²) in [4.78, 5) is 12.3. The van der Waals surface area contributed by atoms with Crippen LogP contribution in [0.2, 0.25) is 0 Å². The maximum Gasteiger partial charge on any atom is 0.168 e. The normalized spacial score (nSPS) is 31.9. The van der Waals surface area contributed by atoms with Crippen molar-refractivity contribution in [1.29, 1.82) is 0 Å². The van der Waals surface area contributed by atoms with Crippen molar-refractivity contribution in [1.82, 2.24) is 0 Å². The van der Waals surface area contributed by atoms with Crippen LogP contribution in [0.1, 0.15) is 35.2 Å². The first-order chi connectivity index (χ1) is 7.74. The van der Waals surface area contributed by atoms with E-state index in [-0.39, 0.29) is 17.8 Å². The van der Waals surface area contributed by atoms with Crippen molar-refractivity contribution in [3.8, 4) is 0 Å². The Bertz CT molecular complexity index is 407. The summed E-state index contributed by atoms with van der Waals surface area (Å²) in [7, 11) is 0. The number of aryl methyl sites for hydroxylation is 1. The molecule has 0 N–H and O–H groups in total. The summed E-state index contributed by atoms with van der Waals surface area (Å²) in [6.45, 7) is 2.04. The Labute approximate surface area is 95.6 Å². The van der Waals surface area contributed by atoms with E-state index in [1.54, 1.807) is 0 Å². The van der Waals surface area contributed by atoms with Crippen molar-refractivity contribution in [3.63, 3.8) is 0 Å². The Hall–Kier alpha value is -1.15. The lowest BCUT2D eigenvalue weighted by molar-refractivity contribution is 0.0743. The molecule has 0 aromatic heterocycles. The number of carbonyl (C=O) groups is 1. The van der Waals surface area contributed by atoms with Gasteiger partial charge in [-0.15, -0.1) is 0 Å². The van der Waals surface area contributed by atoms with Crippen molar-refractivity contribution in [2.75, 3.05) is 0 Å². The first kappa shape index (κ1) is 10.0. The number of carbonyl (C=O) groups excluding carboxylic acids is 1. The van der Waals surface area contributed by atoms with E-state index in [0.717, 1.165) is 24.8 Å². The molecule has 2 bridgehead atoms. The molecule has 2 heterocycles. The lowest BCUT2D eigenvalue weighted by atomic mass is 9.84. The molecule has 2 saturated heterocycles. The molecule has 1 aromatic carbocycles. The molecule has 84 valence electrons. The highest BCUT2D eigenvalue weighted by Crippen LogP contribution is 2.40. The molecular weight excluding hydrogens is 200 g/mol. The summed E-state index contributed by atoms with van der Waals surface area (Å²) in [5.41, 5.74) is 2.03. The van der Waals surface area contributed by atoms with Crippen LogP contribution in [-0.2, 0) is 4.74 Å². The second-order valence-electron chi connectivity index (χ2n) is 4.95. The van der Waals surface area contributed by atoms with Gasteiger partial charge in [0.05, 0.1) is 18.1 Å². The number of fused-ring (bicyclic) bond motifs is 2. The topological polar surface area (TPSA) is 26.3 Å². The van der Waals surface area contributed by atoms with Crippen molar-refractivity contribution >= 4 is 5.78 Å². The second kappa shape index (κ2) is 3.70. The van der Waals surface area contributed by atoms with Gasteiger partial charge in [0.15, 0.2) is 5.78 Å². The molecule has 3 atom stereocenters. The smallest absolute Gasteiger partial charge is 0.168 e. The zero-order valence-corrected chi connectivity index (χ0v) is 9.48. The lowest BCUT2D eigenvalue weighted by Gasteiger charge is -2.17. The Kier molecular flexibility index (Phi) is 2.32. The quantitative estimate of drug-likeness (QED) is 0.710. The molecule has 0 amide bonds. The van der Waals surface area contributed by atoms with Crippen LogP contribution in [0, 0.1) is 12.8 Å². The summed E-state index contributed by atoms with van der Waals surface area (Å²) in [5, 5.41) is 0. The zero-order chi connectivity index (χ0) is 11.1. The van der Waals surface area contributed by atoms with Gasteiger partial charge in [0.1, 0.15) is 0 Å². The molecule has 0 spiro atoms. The number of hydrogen-bond acceptors (Lipinski definition) is 2. The maximum absolute atomic E-state index is 12.3. The van der Waals surface area contributed by atoms with Crippen LogP contribution < -0.4 is 0 Å². The minimum Gasteiger partial charge on any atom is -0.374 e. The molecule has 0 saturated carbocycles. The summed E-state index contributed by atoms with van der Waals surface area (Å²) in [6.07, 6.45) is 3.68. The van der Waals surface area contributed by atoms with E-state index in [2.05, 4.69) is 0 Å². The van der Waals surface area contributed by atoms with Gasteiger partial charge in [-0.3, -0.25) is 4.79 Å². The Balaban J connectivity index is 1.80. The Morgan fingerprint density at radius 1 is 1.25 bits per heavy atom. The third-order valence-electron chi connectivity index (χ3n) is 3.78. The van der Waals surface area contributed by atoms with Crippen molar-refractivity contribution < 1.29 is 9.53 Å². The molecule has 2 nitrogen and oxygen atoms in total. The van der Waals surface area contributed by atoms with Gasteiger partial charge >= 0.3 is 0 Å². The highest BCUT2D eigenvalue weighted by molar-refractivity contribution is 5.98. The summed E-state index contributed by atoms with van der Waals surface area (Å²) < 4.78 is 5.73. The molecule has 0 radical (unpaired) electrons. The van der Waals surface area contributed by atoms with Crippen LogP contribution in [0.25, 0.3) is 0 Å². The van der Waals surface area contributed by atoms with E-state index in [1.165, 1.54) is 5.56 Å². The van der Waals surface area contributed by atoms with Crippen LogP contribution in [0.5, 0.6) is 0 Å². The molecule has 2 aliphatic heterocycles. The number of benzene rings is 1. The summed E-state index contributed by atoms with van der Waals surface area (Å²) >= 11 is 0. The van der Waals surface area contributed by atoms with E-state index >= 15 is 0 Å². The fourth-order valence-electron chi connectivity index (χ4n) is 2.85. The average Bonchev–Trinajstić information content (AvgIpc) is 2.91. The van der Waals surface area contributed by atoms with E-state index in [4.69, 9.17) is 4.74 Å². The first-order valence-corrected chi connectivity index (χ1v) is 6.00. The number of Topliss-reactive ketones (excluding diaryl/α,β-unsaturated/α-hetero) is 1. The van der Waals surface area contributed by atoms with Crippen LogP contribution >= 0.6 is 0 Å². The van der Waals surface area contributed by atoms with Gasteiger partial charge in [0, 0.05) is 5.56 Å². The van der Waals surface area contributed by atoms with E-state index < -0.39 is 0 Å². The van der Waals surface area contributed by atoms with Gasteiger partial charge in [0.25, 0.3) is 0 Å². The predicted octanol–water partition coefficient (Wildman–Crippen LogP) is 2.75. The average molecular weight is 216 g/mol. The van der Waals surface area contributed by atoms with Gasteiger partial charge in [-0.1, -0.05) is 29.8 Å². The fraction of sp³-hybridized carbons (Fsp3) is 0.500. The molecule has 2 fully saturated rings. The minimum atomic E-state index is 0.112. The third-order valence-corrected chi connectivity index (χ3v) is 3.78. The number of ketones is 1. The molecule has 3 unspecified atom stereocenters. The molecule has 2 heteroatoms. The number of rotatable bonds is 2. The molecule has 16 heavy (non-hydrogen) atoms. The van der Waals surface area contributed by atoms with E-state index in [9.17, 15) is 4.79 Å². The van der Waals surface area contributed by atoms with Gasteiger partial charge in [-0.2, -0.15) is 0 Å². The van der Waals surface area contributed by atoms with Crippen molar-refractivity contribution in [2.24, 2.45) is 5.92 Å². The summed E-state index contributed by atoms with van der Waals surface area (Å²) in [5.74, 6) is 0.383. The standard InChI is InChI=1S/C14H16O2/c1-9-2-4-10(5-3-9)14(15)12-8-11-6-7-13(12)16-11/h2-5,11-13H,6-8H2,1H3. The lowest BCUT2D eigenvalue weighted by Crippen LogP contribution is -2.25. The van der Waals surface area contributed by atoms with Gasteiger partial charge in [-0.05, 0) is 26.2 Å². The van der Waals surface area contributed by atoms with Crippen LogP contribution in [0.3, 0.4) is 0 Å². The van der Waals surface area contributed by atoms with Gasteiger partial charge < -0.3 is 4.74 Å². The zero-order valence-electron chi connectivity index (χ0n) is 9.48.